The number of alkyl halides is 3. The molecule has 1 aliphatic heterocycles. The Labute approximate surface area is 186 Å². The Hall–Kier alpha value is -2.96. The molecule has 2 atom stereocenters. The van der Waals surface area contributed by atoms with Crippen LogP contribution in [0.2, 0.25) is 0 Å². The number of hydrogen-bond acceptors (Lipinski definition) is 8. The van der Waals surface area contributed by atoms with Gasteiger partial charge in [0.2, 0.25) is 5.95 Å². The minimum absolute atomic E-state index is 0.0648. The van der Waals surface area contributed by atoms with E-state index in [-0.39, 0.29) is 36.4 Å². The summed E-state index contributed by atoms with van der Waals surface area (Å²) in [6.07, 6.45) is -3.96. The molecular formula is C21H23F3N6O3. The van der Waals surface area contributed by atoms with Gasteiger partial charge in [-0.2, -0.15) is 28.2 Å². The molecule has 2 aromatic heterocycles. The number of fused-ring (bicyclic) bond motifs is 1. The zero-order chi connectivity index (χ0) is 23.5. The van der Waals surface area contributed by atoms with Gasteiger partial charge in [-0.25, -0.2) is 4.68 Å². The zero-order valence-electron chi connectivity index (χ0n) is 17.7. The lowest BCUT2D eigenvalue weighted by molar-refractivity contribution is -0.137. The largest absolute Gasteiger partial charge is 0.416 e. The van der Waals surface area contributed by atoms with Gasteiger partial charge in [0.1, 0.15) is 5.82 Å². The average Bonchev–Trinajstić information content (AvgIpc) is 3.29. The third-order valence-electron chi connectivity index (χ3n) is 6.09. The molecule has 0 amide bonds. The van der Waals surface area contributed by atoms with Crippen LogP contribution >= 0.6 is 0 Å². The van der Waals surface area contributed by atoms with E-state index < -0.39 is 29.5 Å². The van der Waals surface area contributed by atoms with E-state index in [1.165, 1.54) is 23.0 Å². The third-order valence-corrected chi connectivity index (χ3v) is 6.09. The average molecular weight is 464 g/mol. The SMILES string of the molecule is C[C@]1(O)C[C@@H](Nc2nc(N3C[C@@H](O)[C@H](O)C3)c3cnn(-c4cccc(C(F)(F)F)c4)c3n2)C1. The number of β-amino-alcohol motifs (C(OH)–C–C–N with tert-alkyl or cyclic N) is 2. The van der Waals surface area contributed by atoms with E-state index in [1.54, 1.807) is 11.8 Å². The maximum atomic E-state index is 13.2. The molecule has 2 aliphatic rings. The Balaban J connectivity index is 1.59. The molecule has 2 fully saturated rings. The number of aromatic nitrogens is 4. The summed E-state index contributed by atoms with van der Waals surface area (Å²) in [6.45, 7) is 2.01. The van der Waals surface area contributed by atoms with E-state index in [9.17, 15) is 28.5 Å². The second kappa shape index (κ2) is 7.54. The molecule has 176 valence electrons. The van der Waals surface area contributed by atoms with Crippen LogP contribution in [0.3, 0.4) is 0 Å². The second-order valence-electron chi connectivity index (χ2n) is 9.00. The van der Waals surface area contributed by atoms with Gasteiger partial charge in [0.05, 0.1) is 40.6 Å². The Morgan fingerprint density at radius 1 is 1.12 bits per heavy atom. The summed E-state index contributed by atoms with van der Waals surface area (Å²) in [6, 6.07) is 4.72. The van der Waals surface area contributed by atoms with Crippen LogP contribution in [0, 0.1) is 0 Å². The Morgan fingerprint density at radius 3 is 2.45 bits per heavy atom. The van der Waals surface area contributed by atoms with E-state index in [1.807, 2.05) is 0 Å². The zero-order valence-corrected chi connectivity index (χ0v) is 17.7. The quantitative estimate of drug-likeness (QED) is 0.461. The molecule has 4 N–H and O–H groups in total. The first kappa shape index (κ1) is 21.9. The lowest BCUT2D eigenvalue weighted by Crippen LogP contribution is -2.48. The summed E-state index contributed by atoms with van der Waals surface area (Å²) < 4.78 is 41.0. The monoisotopic (exact) mass is 464 g/mol. The van der Waals surface area contributed by atoms with Gasteiger partial charge >= 0.3 is 6.18 Å². The summed E-state index contributed by atoms with van der Waals surface area (Å²) in [5, 5.41) is 37.9. The van der Waals surface area contributed by atoms with Crippen LogP contribution in [0.15, 0.2) is 30.5 Å². The first-order valence-corrected chi connectivity index (χ1v) is 10.5. The van der Waals surface area contributed by atoms with E-state index in [2.05, 4.69) is 20.4 Å². The van der Waals surface area contributed by atoms with Gasteiger partial charge in [-0.15, -0.1) is 0 Å². The van der Waals surface area contributed by atoms with Crippen LogP contribution < -0.4 is 10.2 Å². The van der Waals surface area contributed by atoms with Crippen molar-refractivity contribution in [2.24, 2.45) is 0 Å². The molecule has 1 aliphatic carbocycles. The number of benzene rings is 1. The van der Waals surface area contributed by atoms with Crippen molar-refractivity contribution in [2.45, 2.75) is 49.8 Å². The van der Waals surface area contributed by atoms with Gasteiger partial charge in [0, 0.05) is 19.1 Å². The standard InChI is InChI=1S/C21H23F3N6O3/c1-20(33)6-12(7-20)26-19-27-17(29-9-15(31)16(32)10-29)14-8-25-30(18(14)28-19)13-4-2-3-11(5-13)21(22,23)24/h2-5,8,12,15-16,31-33H,6-7,9-10H2,1H3,(H,26,27,28)/t12-,15-,16-,20+/m1/s1. The summed E-state index contributed by atoms with van der Waals surface area (Å²) in [7, 11) is 0. The van der Waals surface area contributed by atoms with E-state index >= 15 is 0 Å². The van der Waals surface area contributed by atoms with Gasteiger partial charge in [0.25, 0.3) is 0 Å². The van der Waals surface area contributed by atoms with Crippen molar-refractivity contribution >= 4 is 22.8 Å². The van der Waals surface area contributed by atoms with E-state index in [0.29, 0.717) is 24.0 Å². The fraction of sp³-hybridized carbons (Fsp3) is 0.476. The number of hydrogen-bond donors (Lipinski definition) is 4. The lowest BCUT2D eigenvalue weighted by atomic mass is 9.77. The molecule has 9 nitrogen and oxygen atoms in total. The highest BCUT2D eigenvalue weighted by Crippen LogP contribution is 2.35. The van der Waals surface area contributed by atoms with Gasteiger partial charge < -0.3 is 25.5 Å². The molecule has 1 aromatic carbocycles. The van der Waals surface area contributed by atoms with E-state index in [0.717, 1.165) is 12.1 Å². The minimum Gasteiger partial charge on any atom is -0.390 e. The lowest BCUT2D eigenvalue weighted by Gasteiger charge is -2.41. The van der Waals surface area contributed by atoms with Gasteiger partial charge in [-0.3, -0.25) is 0 Å². The molecule has 1 saturated carbocycles. The molecule has 0 spiro atoms. The number of aliphatic hydroxyl groups is 3. The summed E-state index contributed by atoms with van der Waals surface area (Å²) in [4.78, 5) is 10.8. The maximum absolute atomic E-state index is 13.2. The summed E-state index contributed by atoms with van der Waals surface area (Å²) in [5.74, 6) is 0.630. The Morgan fingerprint density at radius 2 is 1.82 bits per heavy atom. The number of aliphatic hydroxyl groups excluding tert-OH is 2. The topological polar surface area (TPSA) is 120 Å². The molecule has 3 aromatic rings. The van der Waals surface area contributed by atoms with Crippen molar-refractivity contribution in [3.05, 3.63) is 36.0 Å². The van der Waals surface area contributed by atoms with Crippen molar-refractivity contribution in [1.29, 1.82) is 0 Å². The highest BCUT2D eigenvalue weighted by atomic mass is 19.4. The fourth-order valence-electron chi connectivity index (χ4n) is 4.43. The van der Waals surface area contributed by atoms with Gasteiger partial charge in [-0.1, -0.05) is 6.07 Å². The van der Waals surface area contributed by atoms with Crippen molar-refractivity contribution in [2.75, 3.05) is 23.3 Å². The molecule has 0 unspecified atom stereocenters. The highest BCUT2D eigenvalue weighted by Gasteiger charge is 2.39. The minimum atomic E-state index is -4.51. The van der Waals surface area contributed by atoms with Crippen LogP contribution in [0.1, 0.15) is 25.3 Å². The van der Waals surface area contributed by atoms with Crippen molar-refractivity contribution < 1.29 is 28.5 Å². The number of halogens is 3. The molecule has 0 bridgehead atoms. The first-order chi connectivity index (χ1) is 15.5. The normalized spacial score (nSPS) is 27.7. The highest BCUT2D eigenvalue weighted by molar-refractivity contribution is 5.89. The van der Waals surface area contributed by atoms with Crippen molar-refractivity contribution in [1.82, 2.24) is 19.7 Å². The van der Waals surface area contributed by atoms with Crippen LogP contribution in [0.5, 0.6) is 0 Å². The fourth-order valence-corrected chi connectivity index (χ4v) is 4.43. The van der Waals surface area contributed by atoms with E-state index in [4.69, 9.17) is 0 Å². The molecule has 5 rings (SSSR count). The Bertz CT molecular complexity index is 1180. The van der Waals surface area contributed by atoms with Gasteiger partial charge in [0.15, 0.2) is 5.65 Å². The first-order valence-electron chi connectivity index (χ1n) is 10.5. The molecule has 1 saturated heterocycles. The second-order valence-corrected chi connectivity index (χ2v) is 9.00. The number of nitrogens with zero attached hydrogens (tertiary/aromatic N) is 5. The summed E-state index contributed by atoms with van der Waals surface area (Å²) >= 11 is 0. The van der Waals surface area contributed by atoms with Crippen molar-refractivity contribution in [3.8, 4) is 5.69 Å². The van der Waals surface area contributed by atoms with Crippen LogP contribution in [-0.4, -0.2) is 72.0 Å². The molecular weight excluding hydrogens is 441 g/mol. The predicted octanol–water partition coefficient (Wildman–Crippen LogP) is 1.70. The Kier molecular flexibility index (Phi) is 4.99. The number of rotatable bonds is 4. The third kappa shape index (κ3) is 4.09. The van der Waals surface area contributed by atoms with Gasteiger partial charge in [-0.05, 0) is 38.0 Å². The van der Waals surface area contributed by atoms with Crippen LogP contribution in [0.4, 0.5) is 24.9 Å². The maximum Gasteiger partial charge on any atom is 0.416 e. The number of nitrogens with one attached hydrogen (secondary N) is 1. The van der Waals surface area contributed by atoms with Crippen LogP contribution in [-0.2, 0) is 6.18 Å². The molecule has 12 heteroatoms. The smallest absolute Gasteiger partial charge is 0.390 e. The molecule has 3 heterocycles. The molecule has 33 heavy (non-hydrogen) atoms. The van der Waals surface area contributed by atoms with Crippen molar-refractivity contribution in [3.63, 3.8) is 0 Å². The number of anilines is 2. The summed E-state index contributed by atoms with van der Waals surface area (Å²) in [5.41, 5.74) is -1.11. The predicted molar refractivity (Wildman–Crippen MR) is 113 cm³/mol. The molecule has 0 radical (unpaired) electrons. The van der Waals surface area contributed by atoms with Crippen LogP contribution in [0.25, 0.3) is 16.7 Å².